The van der Waals surface area contributed by atoms with E-state index in [0.717, 1.165) is 0 Å². The number of rotatable bonds is 0. The van der Waals surface area contributed by atoms with Gasteiger partial charge in [0, 0.05) is 11.1 Å². The van der Waals surface area contributed by atoms with Crippen molar-refractivity contribution >= 4 is 11.8 Å². The third kappa shape index (κ3) is 2.97. The van der Waals surface area contributed by atoms with Gasteiger partial charge in [0.2, 0.25) is 11.8 Å². The van der Waals surface area contributed by atoms with Crippen LogP contribution in [0.15, 0.2) is 0 Å². The van der Waals surface area contributed by atoms with Crippen LogP contribution in [-0.4, -0.2) is 43.8 Å². The van der Waals surface area contributed by atoms with Crippen molar-refractivity contribution < 1.29 is 9.59 Å². The van der Waals surface area contributed by atoms with Gasteiger partial charge in [-0.25, -0.2) is 0 Å². The Morgan fingerprint density at radius 2 is 0.731 bits per heavy atom. The van der Waals surface area contributed by atoms with E-state index in [2.05, 4.69) is 41.5 Å². The second-order valence-corrected chi connectivity index (χ2v) is 12.3. The molecule has 4 heteroatoms. The zero-order valence-electron chi connectivity index (χ0n) is 19.7. The van der Waals surface area contributed by atoms with Crippen LogP contribution in [-0.2, 0) is 9.59 Å². The number of carbonyl (C=O) groups is 2. The van der Waals surface area contributed by atoms with Crippen molar-refractivity contribution in [1.29, 1.82) is 0 Å². The van der Waals surface area contributed by atoms with Gasteiger partial charge < -0.3 is 9.80 Å². The normalized spacial score (nSPS) is 29.5. The second kappa shape index (κ2) is 5.72. The molecule has 0 saturated carbocycles. The highest BCUT2D eigenvalue weighted by molar-refractivity contribution is 6.03. The summed E-state index contributed by atoms with van der Waals surface area (Å²) in [6, 6.07) is 0. The van der Waals surface area contributed by atoms with Gasteiger partial charge in [-0.15, -0.1) is 0 Å². The molecular weight excluding hydrogens is 324 g/mol. The zero-order chi connectivity index (χ0) is 21.3. The number of amides is 2. The van der Waals surface area contributed by atoms with Crippen LogP contribution in [0.5, 0.6) is 0 Å². The average molecular weight is 367 g/mol. The SMILES string of the molecule is CC(C)(C)N1C(=O)C(C)(C(C)(C)C)N(C(C)(C)C)C(=O)C1(C)C(C)(C)C. The Balaban J connectivity index is 4.01. The summed E-state index contributed by atoms with van der Waals surface area (Å²) < 4.78 is 0. The molecule has 2 amide bonds. The maximum atomic E-state index is 14.1. The Hall–Kier alpha value is -1.06. The molecule has 2 atom stereocenters. The first kappa shape index (κ1) is 23.0. The van der Waals surface area contributed by atoms with Crippen LogP contribution in [0.3, 0.4) is 0 Å². The van der Waals surface area contributed by atoms with E-state index in [4.69, 9.17) is 0 Å². The molecule has 1 fully saturated rings. The molecule has 0 N–H and O–H groups in total. The third-order valence-electron chi connectivity index (χ3n) is 6.40. The third-order valence-corrected chi connectivity index (χ3v) is 6.40. The molecule has 0 aromatic heterocycles. The molecule has 4 nitrogen and oxygen atoms in total. The molecule has 0 aromatic rings. The van der Waals surface area contributed by atoms with Crippen LogP contribution in [0, 0.1) is 10.8 Å². The van der Waals surface area contributed by atoms with Gasteiger partial charge in [0.25, 0.3) is 0 Å². The van der Waals surface area contributed by atoms with E-state index in [1.54, 1.807) is 0 Å². The summed E-state index contributed by atoms with van der Waals surface area (Å²) in [4.78, 5) is 32.0. The second-order valence-electron chi connectivity index (χ2n) is 12.3. The Kier molecular flexibility index (Phi) is 5.05. The lowest BCUT2D eigenvalue weighted by Gasteiger charge is -2.67. The van der Waals surface area contributed by atoms with Gasteiger partial charge in [-0.3, -0.25) is 9.59 Å². The first-order valence-electron chi connectivity index (χ1n) is 9.75. The fourth-order valence-electron chi connectivity index (χ4n) is 4.30. The summed E-state index contributed by atoms with van der Waals surface area (Å²) in [5, 5.41) is 0. The highest BCUT2D eigenvalue weighted by Crippen LogP contribution is 2.52. The summed E-state index contributed by atoms with van der Waals surface area (Å²) in [7, 11) is 0. The van der Waals surface area contributed by atoms with Crippen LogP contribution in [0.1, 0.15) is 96.9 Å². The van der Waals surface area contributed by atoms with Crippen molar-refractivity contribution in [3.05, 3.63) is 0 Å². The quantitative estimate of drug-likeness (QED) is 0.614. The van der Waals surface area contributed by atoms with Gasteiger partial charge in [-0.05, 0) is 66.2 Å². The van der Waals surface area contributed by atoms with Crippen molar-refractivity contribution in [2.45, 2.75) is 119 Å². The lowest BCUT2D eigenvalue weighted by Crippen LogP contribution is -2.85. The van der Waals surface area contributed by atoms with Crippen molar-refractivity contribution in [3.8, 4) is 0 Å². The predicted octanol–water partition coefficient (Wildman–Crippen LogP) is 4.86. The van der Waals surface area contributed by atoms with Crippen LogP contribution in [0.2, 0.25) is 0 Å². The van der Waals surface area contributed by atoms with E-state index in [-0.39, 0.29) is 11.8 Å². The molecule has 0 radical (unpaired) electrons. The minimum Gasteiger partial charge on any atom is -0.321 e. The molecule has 0 spiro atoms. The lowest BCUT2D eigenvalue weighted by molar-refractivity contribution is -0.211. The summed E-state index contributed by atoms with van der Waals surface area (Å²) in [5.74, 6) is 0.0638. The summed E-state index contributed by atoms with van der Waals surface area (Å²) in [6.07, 6.45) is 0. The van der Waals surface area contributed by atoms with E-state index >= 15 is 0 Å². The van der Waals surface area contributed by atoms with Crippen molar-refractivity contribution in [1.82, 2.24) is 9.80 Å². The van der Waals surface area contributed by atoms with Gasteiger partial charge >= 0.3 is 0 Å². The maximum Gasteiger partial charge on any atom is 0.250 e. The van der Waals surface area contributed by atoms with Crippen LogP contribution < -0.4 is 0 Å². The molecule has 0 aromatic carbocycles. The highest BCUT2D eigenvalue weighted by Gasteiger charge is 2.69. The standard InChI is InChI=1S/C22H42N2O2/c1-17(2,3)21(13)15(25)24(20(10,11)12)22(14,18(4,5)6)16(26)23(21)19(7,8)9/h1-14H3. The Bertz CT molecular complexity index is 542. The molecule has 2 unspecified atom stereocenters. The van der Waals surface area contributed by atoms with Gasteiger partial charge in [0.1, 0.15) is 11.1 Å². The topological polar surface area (TPSA) is 40.6 Å². The monoisotopic (exact) mass is 366 g/mol. The van der Waals surface area contributed by atoms with Gasteiger partial charge in [0.15, 0.2) is 0 Å². The summed E-state index contributed by atoms with van der Waals surface area (Å²) in [6.45, 7) is 28.4. The molecule has 1 aliphatic rings. The van der Waals surface area contributed by atoms with Gasteiger partial charge in [-0.1, -0.05) is 41.5 Å². The summed E-state index contributed by atoms with van der Waals surface area (Å²) >= 11 is 0. The van der Waals surface area contributed by atoms with Crippen LogP contribution >= 0.6 is 0 Å². The molecular formula is C22H42N2O2. The molecule has 1 heterocycles. The predicted molar refractivity (Wildman–Crippen MR) is 109 cm³/mol. The van der Waals surface area contributed by atoms with Crippen LogP contribution in [0.25, 0.3) is 0 Å². The summed E-state index contributed by atoms with van der Waals surface area (Å²) in [5.41, 5.74) is -3.61. The van der Waals surface area contributed by atoms with Gasteiger partial charge in [-0.2, -0.15) is 0 Å². The van der Waals surface area contributed by atoms with E-state index in [1.165, 1.54) is 0 Å². The first-order valence-corrected chi connectivity index (χ1v) is 9.75. The Morgan fingerprint density at radius 3 is 0.846 bits per heavy atom. The Labute approximate surface area is 161 Å². The van der Waals surface area contributed by atoms with Crippen LogP contribution in [0.4, 0.5) is 0 Å². The van der Waals surface area contributed by atoms with Crippen molar-refractivity contribution in [3.63, 3.8) is 0 Å². The molecule has 1 aliphatic heterocycles. The van der Waals surface area contributed by atoms with Crippen molar-refractivity contribution in [2.75, 3.05) is 0 Å². The average Bonchev–Trinajstić information content (AvgIpc) is 2.30. The van der Waals surface area contributed by atoms with Crippen molar-refractivity contribution in [2.24, 2.45) is 10.8 Å². The fraction of sp³-hybridized carbons (Fsp3) is 0.909. The fourth-order valence-corrected chi connectivity index (χ4v) is 4.30. The first-order chi connectivity index (χ1) is 11.1. The smallest absolute Gasteiger partial charge is 0.250 e. The van der Waals surface area contributed by atoms with E-state index < -0.39 is 33.0 Å². The number of piperazine rings is 1. The molecule has 152 valence electrons. The number of nitrogens with zero attached hydrogens (tertiary/aromatic N) is 2. The number of hydrogen-bond donors (Lipinski definition) is 0. The molecule has 1 saturated heterocycles. The maximum absolute atomic E-state index is 14.1. The minimum atomic E-state index is -0.930. The lowest BCUT2D eigenvalue weighted by atomic mass is 9.62. The highest BCUT2D eigenvalue weighted by atomic mass is 16.2. The van der Waals surface area contributed by atoms with E-state index in [0.29, 0.717) is 0 Å². The Morgan fingerprint density at radius 1 is 0.538 bits per heavy atom. The molecule has 0 aliphatic carbocycles. The molecule has 1 rings (SSSR count). The van der Waals surface area contributed by atoms with Gasteiger partial charge in [0.05, 0.1) is 0 Å². The number of carbonyl (C=O) groups excluding carboxylic acids is 2. The zero-order valence-corrected chi connectivity index (χ0v) is 19.7. The van der Waals surface area contributed by atoms with E-state index in [9.17, 15) is 9.59 Å². The van der Waals surface area contributed by atoms with E-state index in [1.807, 2.05) is 65.2 Å². The number of hydrogen-bond acceptors (Lipinski definition) is 2. The minimum absolute atomic E-state index is 0.0319. The molecule has 0 bridgehead atoms. The molecule has 26 heavy (non-hydrogen) atoms. The largest absolute Gasteiger partial charge is 0.321 e.